The fourth-order valence-electron chi connectivity index (χ4n) is 3.78. The van der Waals surface area contributed by atoms with E-state index in [1.54, 1.807) is 6.20 Å². The maximum atomic E-state index is 12.0. The van der Waals surface area contributed by atoms with Crippen LogP contribution in [0, 0.1) is 0 Å². The van der Waals surface area contributed by atoms with Crippen LogP contribution in [-0.4, -0.2) is 15.5 Å². The quantitative estimate of drug-likeness (QED) is 0.545. The van der Waals surface area contributed by atoms with E-state index in [-0.39, 0.29) is 0 Å². The first-order chi connectivity index (χ1) is 13.2. The normalized spacial score (nSPS) is 11.3. The van der Waals surface area contributed by atoms with Gasteiger partial charge >= 0.3 is 0 Å². The molecule has 4 nitrogen and oxygen atoms in total. The molecule has 0 saturated carbocycles. The molecule has 1 amide bonds. The second-order valence-electron chi connectivity index (χ2n) is 6.97. The molecule has 0 spiro atoms. The third-order valence-corrected chi connectivity index (χ3v) is 5.10. The number of amides is 1. The summed E-state index contributed by atoms with van der Waals surface area (Å²) in [5.41, 5.74) is 10.8. The lowest BCUT2D eigenvalue weighted by Gasteiger charge is -2.09. The van der Waals surface area contributed by atoms with Crippen LogP contribution in [0.1, 0.15) is 41.3 Å². The molecule has 2 aromatic carbocycles. The number of benzene rings is 2. The molecule has 4 heteroatoms. The van der Waals surface area contributed by atoms with E-state index in [1.807, 2.05) is 24.4 Å². The molecule has 2 aromatic heterocycles. The predicted molar refractivity (Wildman–Crippen MR) is 110 cm³/mol. The van der Waals surface area contributed by atoms with Crippen molar-refractivity contribution >= 4 is 27.7 Å². The monoisotopic (exact) mass is 357 g/mol. The number of unbranched alkanes of at least 4 members (excludes halogenated alkanes) is 1. The molecule has 4 aromatic rings. The fourth-order valence-corrected chi connectivity index (χ4v) is 3.78. The summed E-state index contributed by atoms with van der Waals surface area (Å²) in [5, 5.41) is 2.01. The zero-order chi connectivity index (χ0) is 18.8. The van der Waals surface area contributed by atoms with Gasteiger partial charge in [-0.1, -0.05) is 37.6 Å². The zero-order valence-electron chi connectivity index (χ0n) is 15.5. The summed E-state index contributed by atoms with van der Waals surface area (Å²) < 4.78 is 2.27. The molecular weight excluding hydrogens is 334 g/mol. The SMILES string of the molecule is CCCCc1ccc2c3c(C(N)=O)cccc3n(Cc3cccnc3)c2c1. The number of hydrogen-bond acceptors (Lipinski definition) is 2. The largest absolute Gasteiger partial charge is 0.366 e. The number of nitrogens with two attached hydrogens (primary N) is 1. The summed E-state index contributed by atoms with van der Waals surface area (Å²) in [5.74, 6) is -0.393. The molecule has 136 valence electrons. The second kappa shape index (κ2) is 7.23. The highest BCUT2D eigenvalue weighted by Crippen LogP contribution is 2.33. The van der Waals surface area contributed by atoms with Gasteiger partial charge in [-0.3, -0.25) is 9.78 Å². The van der Waals surface area contributed by atoms with Gasteiger partial charge in [-0.15, -0.1) is 0 Å². The maximum absolute atomic E-state index is 12.0. The molecule has 0 aliphatic heterocycles. The third kappa shape index (κ3) is 3.19. The lowest BCUT2D eigenvalue weighted by Crippen LogP contribution is -2.11. The minimum atomic E-state index is -0.393. The van der Waals surface area contributed by atoms with Crippen molar-refractivity contribution < 1.29 is 4.79 Å². The van der Waals surface area contributed by atoms with Crippen molar-refractivity contribution in [2.75, 3.05) is 0 Å². The van der Waals surface area contributed by atoms with Crippen LogP contribution in [0.4, 0.5) is 0 Å². The van der Waals surface area contributed by atoms with Gasteiger partial charge in [0.15, 0.2) is 0 Å². The molecule has 0 bridgehead atoms. The number of carbonyl (C=O) groups excluding carboxylic acids is 1. The molecule has 2 heterocycles. The van der Waals surface area contributed by atoms with Crippen molar-refractivity contribution in [2.45, 2.75) is 32.7 Å². The Bertz CT molecular complexity index is 1110. The van der Waals surface area contributed by atoms with Gasteiger partial charge < -0.3 is 10.3 Å². The molecule has 0 saturated heterocycles. The van der Waals surface area contributed by atoms with Gasteiger partial charge in [0.1, 0.15) is 0 Å². The Morgan fingerprint density at radius 3 is 2.70 bits per heavy atom. The molecule has 0 unspecified atom stereocenters. The van der Waals surface area contributed by atoms with E-state index in [2.05, 4.69) is 46.8 Å². The molecule has 0 radical (unpaired) electrons. The minimum absolute atomic E-state index is 0.393. The lowest BCUT2D eigenvalue weighted by atomic mass is 10.0. The van der Waals surface area contributed by atoms with E-state index in [1.165, 1.54) is 18.4 Å². The van der Waals surface area contributed by atoms with Crippen molar-refractivity contribution in [2.24, 2.45) is 5.73 Å². The molecule has 0 aliphatic carbocycles. The Morgan fingerprint density at radius 2 is 1.96 bits per heavy atom. The minimum Gasteiger partial charge on any atom is -0.366 e. The first-order valence-corrected chi connectivity index (χ1v) is 9.41. The summed E-state index contributed by atoms with van der Waals surface area (Å²) in [6.07, 6.45) is 7.06. The smallest absolute Gasteiger partial charge is 0.249 e. The summed E-state index contributed by atoms with van der Waals surface area (Å²) >= 11 is 0. The summed E-state index contributed by atoms with van der Waals surface area (Å²) in [7, 11) is 0. The van der Waals surface area contributed by atoms with Crippen molar-refractivity contribution in [3.8, 4) is 0 Å². The number of nitrogens with zero attached hydrogens (tertiary/aromatic N) is 2. The zero-order valence-corrected chi connectivity index (χ0v) is 15.5. The number of aryl methyl sites for hydroxylation is 1. The molecule has 27 heavy (non-hydrogen) atoms. The fraction of sp³-hybridized carbons (Fsp3) is 0.217. The van der Waals surface area contributed by atoms with Gasteiger partial charge in [0.05, 0.1) is 5.52 Å². The molecule has 4 rings (SSSR count). The van der Waals surface area contributed by atoms with E-state index in [4.69, 9.17) is 5.73 Å². The summed E-state index contributed by atoms with van der Waals surface area (Å²) in [6.45, 7) is 2.91. The van der Waals surface area contributed by atoms with Gasteiger partial charge in [-0.25, -0.2) is 0 Å². The van der Waals surface area contributed by atoms with Crippen LogP contribution in [0.15, 0.2) is 60.9 Å². The predicted octanol–water partition coefficient (Wildman–Crippen LogP) is 4.68. The lowest BCUT2D eigenvalue weighted by molar-refractivity contribution is 0.100. The number of primary amides is 1. The molecule has 0 atom stereocenters. The average molecular weight is 357 g/mol. The first-order valence-electron chi connectivity index (χ1n) is 9.41. The van der Waals surface area contributed by atoms with Crippen LogP contribution < -0.4 is 5.73 Å². The average Bonchev–Trinajstić information content (AvgIpc) is 3.00. The van der Waals surface area contributed by atoms with Crippen molar-refractivity contribution in [3.63, 3.8) is 0 Å². The van der Waals surface area contributed by atoms with E-state index in [0.717, 1.165) is 33.8 Å². The topological polar surface area (TPSA) is 60.9 Å². The van der Waals surface area contributed by atoms with Crippen molar-refractivity contribution in [3.05, 3.63) is 77.6 Å². The molecule has 0 aliphatic rings. The van der Waals surface area contributed by atoms with E-state index >= 15 is 0 Å². The van der Waals surface area contributed by atoms with Gasteiger partial charge in [-0.05, 0) is 48.2 Å². The van der Waals surface area contributed by atoms with Crippen LogP contribution in [0.3, 0.4) is 0 Å². The number of hydrogen-bond donors (Lipinski definition) is 1. The standard InChI is InChI=1S/C23H23N3O/c1-2-3-6-16-10-11-18-21(13-16)26(15-17-7-5-12-25-14-17)20-9-4-8-19(22(18)20)23(24)27/h4-5,7-14H,2-3,6,15H2,1H3,(H2,24,27). The van der Waals surface area contributed by atoms with E-state index in [9.17, 15) is 4.79 Å². The van der Waals surface area contributed by atoms with Crippen LogP contribution >= 0.6 is 0 Å². The van der Waals surface area contributed by atoms with Gasteiger partial charge in [0.25, 0.3) is 0 Å². The van der Waals surface area contributed by atoms with Crippen LogP contribution in [0.5, 0.6) is 0 Å². The van der Waals surface area contributed by atoms with E-state index in [0.29, 0.717) is 12.1 Å². The van der Waals surface area contributed by atoms with Crippen molar-refractivity contribution in [1.29, 1.82) is 0 Å². The number of pyridine rings is 1. The summed E-state index contributed by atoms with van der Waals surface area (Å²) in [4.78, 5) is 16.3. The van der Waals surface area contributed by atoms with Gasteiger partial charge in [0, 0.05) is 40.8 Å². The Kier molecular flexibility index (Phi) is 4.63. The van der Waals surface area contributed by atoms with E-state index < -0.39 is 5.91 Å². The van der Waals surface area contributed by atoms with Gasteiger partial charge in [-0.2, -0.15) is 0 Å². The number of fused-ring (bicyclic) bond motifs is 3. The van der Waals surface area contributed by atoms with Crippen LogP contribution in [-0.2, 0) is 13.0 Å². The second-order valence-corrected chi connectivity index (χ2v) is 6.97. The Morgan fingerprint density at radius 1 is 1.07 bits per heavy atom. The Hall–Kier alpha value is -3.14. The van der Waals surface area contributed by atoms with Crippen LogP contribution in [0.2, 0.25) is 0 Å². The number of carbonyl (C=O) groups is 1. The molecule has 0 fully saturated rings. The number of rotatable bonds is 6. The van der Waals surface area contributed by atoms with Crippen molar-refractivity contribution in [1.82, 2.24) is 9.55 Å². The maximum Gasteiger partial charge on any atom is 0.249 e. The Balaban J connectivity index is 1.98. The highest BCUT2D eigenvalue weighted by atomic mass is 16.1. The number of aromatic nitrogens is 2. The molecule has 2 N–H and O–H groups in total. The highest BCUT2D eigenvalue weighted by molar-refractivity contribution is 6.17. The summed E-state index contributed by atoms with van der Waals surface area (Å²) in [6, 6.07) is 16.4. The highest BCUT2D eigenvalue weighted by Gasteiger charge is 2.17. The molecular formula is C23H23N3O. The Labute approximate surface area is 158 Å². The third-order valence-electron chi connectivity index (χ3n) is 5.10. The van der Waals surface area contributed by atoms with Crippen LogP contribution in [0.25, 0.3) is 21.8 Å². The first kappa shape index (κ1) is 17.3. The van der Waals surface area contributed by atoms with Gasteiger partial charge in [0.2, 0.25) is 5.91 Å².